The largest absolute Gasteiger partial charge is 0.494 e. The third-order valence-corrected chi connectivity index (χ3v) is 7.07. The van der Waals surface area contributed by atoms with E-state index in [4.69, 9.17) is 14.6 Å². The van der Waals surface area contributed by atoms with Gasteiger partial charge in [-0.15, -0.1) is 0 Å². The van der Waals surface area contributed by atoms with Gasteiger partial charge in [0.1, 0.15) is 5.75 Å². The maximum Gasteiger partial charge on any atom is 0.246 e. The molecule has 38 heavy (non-hydrogen) atoms. The molecule has 1 unspecified atom stereocenters. The summed E-state index contributed by atoms with van der Waals surface area (Å²) in [4.78, 5) is 28.1. The van der Waals surface area contributed by atoms with Crippen LogP contribution < -0.4 is 9.47 Å². The van der Waals surface area contributed by atoms with Crippen LogP contribution in [0.25, 0.3) is 11.3 Å². The van der Waals surface area contributed by atoms with Crippen LogP contribution in [0, 0.1) is 5.82 Å². The molecule has 0 saturated carbocycles. The first-order valence-electron chi connectivity index (χ1n) is 12.5. The summed E-state index contributed by atoms with van der Waals surface area (Å²) in [5.74, 6) is -0.138. The van der Waals surface area contributed by atoms with E-state index in [0.717, 1.165) is 28.9 Å². The Bertz CT molecular complexity index is 1400. The third-order valence-electron chi connectivity index (χ3n) is 7.07. The number of hydrogen-bond donors (Lipinski definition) is 0. The summed E-state index contributed by atoms with van der Waals surface area (Å²) in [6, 6.07) is 12.0. The minimum Gasteiger partial charge on any atom is -0.494 e. The molecular formula is C29H29FN4O4. The molecular weight excluding hydrogens is 487 g/mol. The van der Waals surface area contributed by atoms with E-state index < -0.39 is 5.82 Å². The molecule has 3 aromatic rings. The average Bonchev–Trinajstić information content (AvgIpc) is 3.59. The van der Waals surface area contributed by atoms with Gasteiger partial charge in [0.2, 0.25) is 17.6 Å². The van der Waals surface area contributed by atoms with Gasteiger partial charge in [0.15, 0.2) is 11.5 Å². The maximum atomic E-state index is 14.5. The molecule has 2 aliphatic rings. The fourth-order valence-electron chi connectivity index (χ4n) is 5.10. The van der Waals surface area contributed by atoms with Crippen molar-refractivity contribution in [1.29, 1.82) is 0 Å². The van der Waals surface area contributed by atoms with Crippen LogP contribution >= 0.6 is 0 Å². The van der Waals surface area contributed by atoms with Crippen LogP contribution in [-0.4, -0.2) is 58.1 Å². The van der Waals surface area contributed by atoms with Crippen molar-refractivity contribution in [3.63, 3.8) is 0 Å². The van der Waals surface area contributed by atoms with Crippen LogP contribution in [0.2, 0.25) is 0 Å². The number of likely N-dealkylation sites (tertiary alicyclic amines) is 1. The van der Waals surface area contributed by atoms with Gasteiger partial charge >= 0.3 is 0 Å². The SMILES string of the molecule is C=CC(=O)N1CCc2c(c(-c3ccc(Oc4cccc(OC)c4F)cc3)nn2C2CCN(C(=O)C=C)C2)C1. The predicted octanol–water partition coefficient (Wildman–Crippen LogP) is 4.52. The van der Waals surface area contributed by atoms with E-state index in [1.54, 1.807) is 28.0 Å². The molecule has 1 aromatic heterocycles. The van der Waals surface area contributed by atoms with Gasteiger partial charge < -0.3 is 19.3 Å². The molecule has 0 spiro atoms. The molecule has 0 N–H and O–H groups in total. The first kappa shape index (κ1) is 25.3. The number of fused-ring (bicyclic) bond motifs is 1. The number of carbonyl (C=O) groups excluding carboxylic acids is 2. The lowest BCUT2D eigenvalue weighted by Crippen LogP contribution is -2.35. The Labute approximate surface area is 220 Å². The van der Waals surface area contributed by atoms with E-state index >= 15 is 0 Å². The number of carbonyl (C=O) groups is 2. The van der Waals surface area contributed by atoms with Crippen LogP contribution in [-0.2, 0) is 22.6 Å². The van der Waals surface area contributed by atoms with Gasteiger partial charge in [-0.1, -0.05) is 19.2 Å². The van der Waals surface area contributed by atoms with Gasteiger partial charge in [-0.05, 0) is 55.0 Å². The van der Waals surface area contributed by atoms with E-state index in [-0.39, 0.29) is 29.4 Å². The zero-order valence-electron chi connectivity index (χ0n) is 21.2. The Morgan fingerprint density at radius 3 is 2.45 bits per heavy atom. The van der Waals surface area contributed by atoms with Gasteiger partial charge in [0.25, 0.3) is 0 Å². The smallest absolute Gasteiger partial charge is 0.246 e. The second-order valence-electron chi connectivity index (χ2n) is 9.26. The maximum absolute atomic E-state index is 14.5. The summed E-state index contributed by atoms with van der Waals surface area (Å²) in [7, 11) is 1.40. The molecule has 2 aromatic carbocycles. The van der Waals surface area contributed by atoms with E-state index in [1.807, 2.05) is 16.8 Å². The summed E-state index contributed by atoms with van der Waals surface area (Å²) < 4.78 is 27.4. The number of aromatic nitrogens is 2. The first-order chi connectivity index (χ1) is 18.4. The number of amides is 2. The Balaban J connectivity index is 1.46. The van der Waals surface area contributed by atoms with Crippen molar-refractivity contribution >= 4 is 11.8 Å². The molecule has 3 heterocycles. The van der Waals surface area contributed by atoms with Crippen LogP contribution in [0.4, 0.5) is 4.39 Å². The lowest BCUT2D eigenvalue weighted by atomic mass is 10.0. The average molecular weight is 517 g/mol. The van der Waals surface area contributed by atoms with E-state index in [2.05, 4.69) is 13.2 Å². The number of hydrogen-bond acceptors (Lipinski definition) is 5. The van der Waals surface area contributed by atoms with Crippen LogP contribution in [0.3, 0.4) is 0 Å². The lowest BCUT2D eigenvalue weighted by molar-refractivity contribution is -0.127. The van der Waals surface area contributed by atoms with Crippen LogP contribution in [0.15, 0.2) is 67.8 Å². The molecule has 0 radical (unpaired) electrons. The topological polar surface area (TPSA) is 76.9 Å². The quantitative estimate of drug-likeness (QED) is 0.432. The number of ether oxygens (including phenoxy) is 2. The summed E-state index contributed by atoms with van der Waals surface area (Å²) in [6.07, 6.45) is 4.12. The molecule has 5 rings (SSSR count). The highest BCUT2D eigenvalue weighted by atomic mass is 19.1. The lowest BCUT2D eigenvalue weighted by Gasteiger charge is -2.27. The zero-order valence-corrected chi connectivity index (χ0v) is 21.2. The molecule has 2 aliphatic heterocycles. The number of rotatable bonds is 7. The van der Waals surface area contributed by atoms with Crippen LogP contribution in [0.5, 0.6) is 17.2 Å². The fraction of sp³-hybridized carbons (Fsp3) is 0.276. The monoisotopic (exact) mass is 516 g/mol. The number of methoxy groups -OCH3 is 1. The van der Waals surface area contributed by atoms with Gasteiger partial charge in [-0.3, -0.25) is 14.3 Å². The molecule has 1 saturated heterocycles. The number of benzene rings is 2. The minimum atomic E-state index is -0.570. The Kier molecular flexibility index (Phi) is 7.00. The van der Waals surface area contributed by atoms with Gasteiger partial charge in [-0.2, -0.15) is 9.49 Å². The van der Waals surface area contributed by atoms with Gasteiger partial charge in [-0.25, -0.2) is 0 Å². The van der Waals surface area contributed by atoms with Crippen molar-refractivity contribution in [1.82, 2.24) is 19.6 Å². The Morgan fingerprint density at radius 2 is 1.74 bits per heavy atom. The summed E-state index contributed by atoms with van der Waals surface area (Å²) in [5, 5.41) is 5.01. The van der Waals surface area contributed by atoms with Crippen molar-refractivity contribution in [3.05, 3.63) is 84.8 Å². The minimum absolute atomic E-state index is 0.0432. The Morgan fingerprint density at radius 1 is 1.03 bits per heavy atom. The molecule has 0 bridgehead atoms. The highest BCUT2D eigenvalue weighted by molar-refractivity contribution is 5.87. The first-order valence-corrected chi connectivity index (χ1v) is 12.5. The van der Waals surface area contributed by atoms with Gasteiger partial charge in [0, 0.05) is 49.4 Å². The number of halogens is 1. The second-order valence-corrected chi connectivity index (χ2v) is 9.26. The number of nitrogens with zero attached hydrogens (tertiary/aromatic N) is 4. The normalized spacial score (nSPS) is 16.6. The highest BCUT2D eigenvalue weighted by Crippen LogP contribution is 2.36. The standard InChI is InChI=1S/C29H29FN4O4/c1-4-26(35)32-15-13-20(17-32)34-23-14-16-33(27(36)5-2)18-22(23)29(31-34)19-9-11-21(12-10-19)38-25-8-6-7-24(37-3)28(25)30/h4-12,20H,1-2,13-18H2,3H3. The van der Waals surface area contributed by atoms with Crippen molar-refractivity contribution in [2.75, 3.05) is 26.7 Å². The van der Waals surface area contributed by atoms with E-state index in [0.29, 0.717) is 38.3 Å². The second kappa shape index (κ2) is 10.5. The summed E-state index contributed by atoms with van der Waals surface area (Å²) in [6.45, 7) is 9.43. The third kappa shape index (κ3) is 4.67. The fourth-order valence-corrected chi connectivity index (χ4v) is 5.10. The molecule has 0 aliphatic carbocycles. The molecule has 8 nitrogen and oxygen atoms in total. The highest BCUT2D eigenvalue weighted by Gasteiger charge is 2.33. The van der Waals surface area contributed by atoms with Crippen molar-refractivity contribution in [2.24, 2.45) is 0 Å². The molecule has 1 atom stereocenters. The van der Waals surface area contributed by atoms with Crippen LogP contribution in [0.1, 0.15) is 23.7 Å². The zero-order chi connectivity index (χ0) is 26.8. The van der Waals surface area contributed by atoms with Gasteiger partial charge in [0.05, 0.1) is 18.8 Å². The predicted molar refractivity (Wildman–Crippen MR) is 140 cm³/mol. The Hall–Kier alpha value is -4.40. The molecule has 2 amide bonds. The van der Waals surface area contributed by atoms with Crippen molar-refractivity contribution < 1.29 is 23.5 Å². The molecule has 196 valence electrons. The van der Waals surface area contributed by atoms with E-state index in [9.17, 15) is 14.0 Å². The summed E-state index contributed by atoms with van der Waals surface area (Å²) in [5.41, 5.74) is 3.68. The van der Waals surface area contributed by atoms with Crippen molar-refractivity contribution in [3.8, 4) is 28.5 Å². The molecule has 1 fully saturated rings. The summed E-state index contributed by atoms with van der Waals surface area (Å²) >= 11 is 0. The molecule has 9 heteroatoms. The van der Waals surface area contributed by atoms with Crippen molar-refractivity contribution in [2.45, 2.75) is 25.4 Å². The van der Waals surface area contributed by atoms with E-state index in [1.165, 1.54) is 31.4 Å².